The molecule has 0 rings (SSSR count). The Morgan fingerprint density at radius 3 is 2.09 bits per heavy atom. The molecule has 0 aliphatic rings. The second-order valence-electron chi connectivity index (χ2n) is 3.67. The molecule has 1 nitrogen and oxygen atoms in total. The van der Waals surface area contributed by atoms with E-state index in [0.29, 0.717) is 11.8 Å². The van der Waals surface area contributed by atoms with Crippen molar-refractivity contribution in [2.45, 2.75) is 33.8 Å². The van der Waals surface area contributed by atoms with E-state index in [1.165, 1.54) is 0 Å². The van der Waals surface area contributed by atoms with Crippen LogP contribution in [0.4, 0.5) is 0 Å². The summed E-state index contributed by atoms with van der Waals surface area (Å²) in [5, 5.41) is 0. The quantitative estimate of drug-likeness (QED) is 0.556. The minimum atomic E-state index is 0.220. The lowest BCUT2D eigenvalue weighted by molar-refractivity contribution is 0.0384. The molecule has 0 bridgehead atoms. The molecule has 0 N–H and O–H groups in total. The molecular formula is C10H20O. The zero-order valence-electron chi connectivity index (χ0n) is 8.13. The van der Waals surface area contributed by atoms with E-state index in [1.807, 2.05) is 6.08 Å². The third-order valence-electron chi connectivity index (χ3n) is 1.51. The molecule has 0 aromatic heterocycles. The number of rotatable bonds is 5. The Morgan fingerprint density at radius 2 is 1.82 bits per heavy atom. The van der Waals surface area contributed by atoms with E-state index in [-0.39, 0.29) is 6.10 Å². The van der Waals surface area contributed by atoms with E-state index in [4.69, 9.17) is 4.74 Å². The predicted molar refractivity (Wildman–Crippen MR) is 49.6 cm³/mol. The molecule has 1 atom stereocenters. The third-order valence-corrected chi connectivity index (χ3v) is 1.51. The van der Waals surface area contributed by atoms with Gasteiger partial charge in [0, 0.05) is 6.61 Å². The Hall–Kier alpha value is -0.300. The summed E-state index contributed by atoms with van der Waals surface area (Å²) < 4.78 is 5.60. The highest BCUT2D eigenvalue weighted by molar-refractivity contribution is 4.82. The van der Waals surface area contributed by atoms with Gasteiger partial charge in [-0.25, -0.2) is 0 Å². The highest BCUT2D eigenvalue weighted by atomic mass is 16.5. The van der Waals surface area contributed by atoms with E-state index < -0.39 is 0 Å². The van der Waals surface area contributed by atoms with Crippen LogP contribution >= 0.6 is 0 Å². The van der Waals surface area contributed by atoms with Crippen LogP contribution < -0.4 is 0 Å². The van der Waals surface area contributed by atoms with Crippen molar-refractivity contribution in [2.75, 3.05) is 6.61 Å². The highest BCUT2D eigenvalue weighted by Gasteiger charge is 2.09. The van der Waals surface area contributed by atoms with Crippen molar-refractivity contribution in [1.82, 2.24) is 0 Å². The smallest absolute Gasteiger partial charge is 0.0776 e. The molecule has 0 radical (unpaired) electrons. The molecule has 0 fully saturated rings. The van der Waals surface area contributed by atoms with Crippen molar-refractivity contribution in [3.8, 4) is 0 Å². The van der Waals surface area contributed by atoms with Gasteiger partial charge in [-0.1, -0.05) is 33.8 Å². The second-order valence-corrected chi connectivity index (χ2v) is 3.67. The highest BCUT2D eigenvalue weighted by Crippen LogP contribution is 2.08. The summed E-state index contributed by atoms with van der Waals surface area (Å²) in [5.41, 5.74) is 0. The van der Waals surface area contributed by atoms with Crippen LogP contribution in [0.2, 0.25) is 0 Å². The van der Waals surface area contributed by atoms with Gasteiger partial charge in [0.1, 0.15) is 0 Å². The van der Waals surface area contributed by atoms with Gasteiger partial charge < -0.3 is 4.74 Å². The van der Waals surface area contributed by atoms with Crippen molar-refractivity contribution in [3.05, 3.63) is 12.7 Å². The van der Waals surface area contributed by atoms with Gasteiger partial charge in [-0.3, -0.25) is 0 Å². The minimum absolute atomic E-state index is 0.220. The summed E-state index contributed by atoms with van der Waals surface area (Å²) in [6.45, 7) is 13.2. The first-order valence-corrected chi connectivity index (χ1v) is 4.32. The van der Waals surface area contributed by atoms with Crippen LogP contribution in [0.5, 0.6) is 0 Å². The predicted octanol–water partition coefficient (Wildman–Crippen LogP) is 2.87. The average Bonchev–Trinajstić information content (AvgIpc) is 1.87. The Bertz CT molecular complexity index is 105. The van der Waals surface area contributed by atoms with E-state index in [1.54, 1.807) is 0 Å². The van der Waals surface area contributed by atoms with Crippen LogP contribution in [0.25, 0.3) is 0 Å². The molecule has 0 saturated carbocycles. The van der Waals surface area contributed by atoms with E-state index in [9.17, 15) is 0 Å². The molecule has 0 aromatic carbocycles. The lowest BCUT2D eigenvalue weighted by Gasteiger charge is -2.18. The normalized spacial score (nSPS) is 14.0. The van der Waals surface area contributed by atoms with Crippen LogP contribution in [0.1, 0.15) is 27.7 Å². The van der Waals surface area contributed by atoms with E-state index in [0.717, 1.165) is 6.61 Å². The Labute approximate surface area is 70.4 Å². The molecule has 0 spiro atoms. The first-order chi connectivity index (χ1) is 5.07. The SMILES string of the molecule is C=CC(OCC(C)C)C(C)C. The molecule has 0 heterocycles. The lowest BCUT2D eigenvalue weighted by Crippen LogP contribution is -2.19. The number of hydrogen-bond donors (Lipinski definition) is 0. The fourth-order valence-electron chi connectivity index (χ4n) is 0.836. The Morgan fingerprint density at radius 1 is 1.27 bits per heavy atom. The summed E-state index contributed by atoms with van der Waals surface area (Å²) in [5.74, 6) is 1.14. The maximum atomic E-state index is 5.60. The van der Waals surface area contributed by atoms with Gasteiger partial charge in [-0.15, -0.1) is 6.58 Å². The third kappa shape index (κ3) is 5.02. The van der Waals surface area contributed by atoms with Crippen molar-refractivity contribution in [2.24, 2.45) is 11.8 Å². The maximum absolute atomic E-state index is 5.60. The van der Waals surface area contributed by atoms with Gasteiger partial charge >= 0.3 is 0 Å². The Balaban J connectivity index is 3.61. The van der Waals surface area contributed by atoms with Crippen molar-refractivity contribution in [3.63, 3.8) is 0 Å². The lowest BCUT2D eigenvalue weighted by atomic mass is 10.1. The van der Waals surface area contributed by atoms with Crippen LogP contribution in [0.15, 0.2) is 12.7 Å². The minimum Gasteiger partial charge on any atom is -0.374 e. The first-order valence-electron chi connectivity index (χ1n) is 4.32. The van der Waals surface area contributed by atoms with Crippen LogP contribution in [-0.4, -0.2) is 12.7 Å². The molecule has 11 heavy (non-hydrogen) atoms. The first kappa shape index (κ1) is 10.7. The summed E-state index contributed by atoms with van der Waals surface area (Å²) in [4.78, 5) is 0. The van der Waals surface area contributed by atoms with Crippen molar-refractivity contribution < 1.29 is 4.74 Å². The fourth-order valence-corrected chi connectivity index (χ4v) is 0.836. The second kappa shape index (κ2) is 5.36. The molecule has 0 aliphatic carbocycles. The van der Waals surface area contributed by atoms with Crippen molar-refractivity contribution in [1.29, 1.82) is 0 Å². The standard InChI is InChI=1S/C10H20O/c1-6-10(9(4)5)11-7-8(2)3/h6,8-10H,1,7H2,2-5H3. The molecular weight excluding hydrogens is 136 g/mol. The van der Waals surface area contributed by atoms with E-state index in [2.05, 4.69) is 34.3 Å². The number of ether oxygens (including phenoxy) is 1. The largest absolute Gasteiger partial charge is 0.374 e. The monoisotopic (exact) mass is 156 g/mol. The summed E-state index contributed by atoms with van der Waals surface area (Å²) in [7, 11) is 0. The van der Waals surface area contributed by atoms with Gasteiger partial charge in [-0.05, 0) is 11.8 Å². The van der Waals surface area contributed by atoms with E-state index >= 15 is 0 Å². The molecule has 0 aromatic rings. The molecule has 0 saturated heterocycles. The summed E-state index contributed by atoms with van der Waals surface area (Å²) >= 11 is 0. The molecule has 1 heteroatoms. The van der Waals surface area contributed by atoms with Gasteiger partial charge in [-0.2, -0.15) is 0 Å². The van der Waals surface area contributed by atoms with Gasteiger partial charge in [0.25, 0.3) is 0 Å². The molecule has 66 valence electrons. The molecule has 1 unspecified atom stereocenters. The molecule has 0 aliphatic heterocycles. The van der Waals surface area contributed by atoms with Gasteiger partial charge in [0.05, 0.1) is 6.10 Å². The maximum Gasteiger partial charge on any atom is 0.0776 e. The van der Waals surface area contributed by atoms with Crippen LogP contribution in [0.3, 0.4) is 0 Å². The van der Waals surface area contributed by atoms with Crippen LogP contribution in [-0.2, 0) is 4.74 Å². The molecule has 0 amide bonds. The fraction of sp³-hybridized carbons (Fsp3) is 0.800. The summed E-state index contributed by atoms with van der Waals surface area (Å²) in [6, 6.07) is 0. The topological polar surface area (TPSA) is 9.23 Å². The zero-order chi connectivity index (χ0) is 8.85. The zero-order valence-corrected chi connectivity index (χ0v) is 8.13. The van der Waals surface area contributed by atoms with Crippen LogP contribution in [0, 0.1) is 11.8 Å². The van der Waals surface area contributed by atoms with Gasteiger partial charge in [0.15, 0.2) is 0 Å². The van der Waals surface area contributed by atoms with Crippen molar-refractivity contribution >= 4 is 0 Å². The average molecular weight is 156 g/mol. The summed E-state index contributed by atoms with van der Waals surface area (Å²) in [6.07, 6.45) is 2.10. The number of hydrogen-bond acceptors (Lipinski definition) is 1. The van der Waals surface area contributed by atoms with Gasteiger partial charge in [0.2, 0.25) is 0 Å². The Kier molecular flexibility index (Phi) is 5.22.